The second kappa shape index (κ2) is 11.0. The summed E-state index contributed by atoms with van der Waals surface area (Å²) in [4.78, 5) is 31.6. The van der Waals surface area contributed by atoms with Crippen LogP contribution in [0.1, 0.15) is 32.3 Å². The molecule has 5 rings (SSSR count). The molecule has 2 N–H and O–H groups in total. The lowest BCUT2D eigenvalue weighted by Gasteiger charge is -2.16. The molecule has 0 bridgehead atoms. The molecule has 5 nitrogen and oxygen atoms in total. The summed E-state index contributed by atoms with van der Waals surface area (Å²) in [5.74, 6) is -0.282. The average molecular weight is 524 g/mol. The number of amides is 2. The Morgan fingerprint density at radius 2 is 1.57 bits per heavy atom. The van der Waals surface area contributed by atoms with Crippen molar-refractivity contribution >= 4 is 55.9 Å². The van der Waals surface area contributed by atoms with Crippen molar-refractivity contribution in [3.05, 3.63) is 119 Å². The van der Waals surface area contributed by atoms with Crippen molar-refractivity contribution in [2.45, 2.75) is 24.0 Å². The molecule has 0 aliphatic rings. The molecule has 0 saturated heterocycles. The van der Waals surface area contributed by atoms with E-state index in [4.69, 9.17) is 0 Å². The maximum Gasteiger partial charge on any atom is 0.255 e. The van der Waals surface area contributed by atoms with Gasteiger partial charge >= 0.3 is 0 Å². The van der Waals surface area contributed by atoms with E-state index in [0.717, 1.165) is 31.8 Å². The molecule has 5 aromatic rings. The Balaban J connectivity index is 1.32. The number of thioether (sulfide) groups is 1. The number of carbonyl (C=O) groups is 2. The summed E-state index contributed by atoms with van der Waals surface area (Å²) in [5.41, 5.74) is 5.20. The van der Waals surface area contributed by atoms with Gasteiger partial charge < -0.3 is 10.6 Å². The monoisotopic (exact) mass is 523 g/mol. The van der Waals surface area contributed by atoms with Crippen LogP contribution in [0.25, 0.3) is 10.2 Å². The molecule has 0 aliphatic heterocycles. The van der Waals surface area contributed by atoms with E-state index in [1.54, 1.807) is 0 Å². The highest BCUT2D eigenvalue weighted by molar-refractivity contribution is 8.00. The molecule has 2 amide bonds. The van der Waals surface area contributed by atoms with Gasteiger partial charge in [-0.15, -0.1) is 11.8 Å². The summed E-state index contributed by atoms with van der Waals surface area (Å²) >= 11 is 2.93. The Kier molecular flexibility index (Phi) is 7.35. The Morgan fingerprint density at radius 3 is 2.32 bits per heavy atom. The molecule has 0 saturated carbocycles. The van der Waals surface area contributed by atoms with Crippen molar-refractivity contribution in [1.82, 2.24) is 4.98 Å². The van der Waals surface area contributed by atoms with Crippen molar-refractivity contribution in [2.75, 3.05) is 10.6 Å². The molecule has 37 heavy (non-hydrogen) atoms. The Labute approximate surface area is 224 Å². The lowest BCUT2D eigenvalue weighted by Crippen LogP contribution is -2.18. The van der Waals surface area contributed by atoms with Crippen LogP contribution in [0.3, 0.4) is 0 Å². The number of rotatable bonds is 7. The zero-order valence-corrected chi connectivity index (χ0v) is 22.0. The van der Waals surface area contributed by atoms with E-state index in [0.29, 0.717) is 16.4 Å². The highest BCUT2D eigenvalue weighted by Gasteiger charge is 2.23. The largest absolute Gasteiger partial charge is 0.322 e. The van der Waals surface area contributed by atoms with Gasteiger partial charge in [0.25, 0.3) is 5.91 Å². The molecule has 0 aliphatic carbocycles. The summed E-state index contributed by atoms with van der Waals surface area (Å²) in [5, 5.41) is 6.08. The van der Waals surface area contributed by atoms with E-state index in [2.05, 4.69) is 21.7 Å². The molecule has 0 spiro atoms. The molecule has 4 aromatic carbocycles. The van der Waals surface area contributed by atoms with Crippen LogP contribution in [0.2, 0.25) is 0 Å². The predicted molar refractivity (Wildman–Crippen MR) is 154 cm³/mol. The fourth-order valence-corrected chi connectivity index (χ4v) is 5.93. The normalized spacial score (nSPS) is 11.7. The number of carbonyl (C=O) groups excluding carboxylic acids is 2. The predicted octanol–water partition coefficient (Wildman–Crippen LogP) is 7.64. The third kappa shape index (κ3) is 5.90. The van der Waals surface area contributed by atoms with Gasteiger partial charge in [0, 0.05) is 16.1 Å². The van der Waals surface area contributed by atoms with Crippen molar-refractivity contribution in [2.24, 2.45) is 0 Å². The number of hydrogen-bond acceptors (Lipinski definition) is 5. The molecule has 1 unspecified atom stereocenters. The zero-order valence-electron chi connectivity index (χ0n) is 20.4. The first-order chi connectivity index (χ1) is 18.0. The first kappa shape index (κ1) is 24.7. The highest BCUT2D eigenvalue weighted by Crippen LogP contribution is 2.37. The summed E-state index contributed by atoms with van der Waals surface area (Å²) in [7, 11) is 0. The molecule has 0 fully saturated rings. The van der Waals surface area contributed by atoms with Gasteiger partial charge in [0.05, 0.1) is 10.2 Å². The van der Waals surface area contributed by atoms with Gasteiger partial charge in [0.1, 0.15) is 5.25 Å². The number of nitrogens with one attached hydrogen (secondary N) is 2. The van der Waals surface area contributed by atoms with Gasteiger partial charge in [0.2, 0.25) is 5.91 Å². The lowest BCUT2D eigenvalue weighted by molar-refractivity contribution is -0.115. The van der Waals surface area contributed by atoms with Crippen molar-refractivity contribution in [3.63, 3.8) is 0 Å². The number of aromatic nitrogens is 1. The van der Waals surface area contributed by atoms with Crippen LogP contribution in [-0.4, -0.2) is 16.8 Å². The maximum atomic E-state index is 13.4. The fourth-order valence-electron chi connectivity index (χ4n) is 3.94. The van der Waals surface area contributed by atoms with Crippen LogP contribution >= 0.6 is 23.1 Å². The summed E-state index contributed by atoms with van der Waals surface area (Å²) in [6.45, 7) is 3.96. The number of hydrogen-bond donors (Lipinski definition) is 2. The minimum Gasteiger partial charge on any atom is -0.322 e. The number of nitrogens with zero attached hydrogens (tertiary/aromatic N) is 1. The van der Waals surface area contributed by atoms with Gasteiger partial charge in [-0.2, -0.15) is 0 Å². The molecule has 1 aromatic heterocycles. The maximum absolute atomic E-state index is 13.4. The van der Waals surface area contributed by atoms with Crippen LogP contribution in [0.15, 0.2) is 102 Å². The molecule has 7 heteroatoms. The minimum atomic E-state index is -0.470. The van der Waals surface area contributed by atoms with Gasteiger partial charge in [-0.05, 0) is 73.0 Å². The smallest absolute Gasteiger partial charge is 0.255 e. The van der Waals surface area contributed by atoms with Crippen LogP contribution in [0.5, 0.6) is 0 Å². The summed E-state index contributed by atoms with van der Waals surface area (Å²) in [6.07, 6.45) is 0. The van der Waals surface area contributed by atoms with E-state index in [-0.39, 0.29) is 11.8 Å². The second-order valence-electron chi connectivity index (χ2n) is 8.68. The van der Waals surface area contributed by atoms with Crippen molar-refractivity contribution in [1.29, 1.82) is 0 Å². The van der Waals surface area contributed by atoms with Crippen LogP contribution < -0.4 is 10.6 Å². The van der Waals surface area contributed by atoms with E-state index < -0.39 is 5.25 Å². The third-order valence-electron chi connectivity index (χ3n) is 5.87. The number of benzene rings is 4. The fraction of sp³-hybridized carbons (Fsp3) is 0.100. The molecule has 1 atom stereocenters. The Hall–Kier alpha value is -3.94. The molecule has 184 valence electrons. The van der Waals surface area contributed by atoms with Crippen LogP contribution in [0, 0.1) is 13.8 Å². The Bertz CT molecular complexity index is 1560. The Morgan fingerprint density at radius 1 is 0.838 bits per heavy atom. The minimum absolute atomic E-state index is 0.135. The third-order valence-corrected chi connectivity index (χ3v) is 8.07. The topological polar surface area (TPSA) is 71.1 Å². The average Bonchev–Trinajstić information content (AvgIpc) is 3.30. The molecular formula is C30H25N3O2S2. The number of fused-ring (bicyclic) bond motifs is 1. The van der Waals surface area contributed by atoms with Crippen molar-refractivity contribution in [3.8, 4) is 0 Å². The van der Waals surface area contributed by atoms with E-state index in [9.17, 15) is 9.59 Å². The highest BCUT2D eigenvalue weighted by atomic mass is 32.2. The van der Waals surface area contributed by atoms with Crippen LogP contribution in [0.4, 0.5) is 10.8 Å². The number of aryl methyl sites for hydroxylation is 2. The molecule has 1 heterocycles. The van der Waals surface area contributed by atoms with Crippen molar-refractivity contribution < 1.29 is 9.59 Å². The van der Waals surface area contributed by atoms with Gasteiger partial charge in [-0.1, -0.05) is 65.9 Å². The van der Waals surface area contributed by atoms with Gasteiger partial charge in [0.15, 0.2) is 5.13 Å². The quantitative estimate of drug-likeness (QED) is 0.215. The first-order valence-electron chi connectivity index (χ1n) is 11.8. The number of thiazole rings is 1. The number of anilines is 2. The van der Waals surface area contributed by atoms with Gasteiger partial charge in [-0.3, -0.25) is 9.59 Å². The van der Waals surface area contributed by atoms with Gasteiger partial charge in [-0.25, -0.2) is 4.98 Å². The molecular weight excluding hydrogens is 498 g/mol. The van der Waals surface area contributed by atoms with E-state index >= 15 is 0 Å². The zero-order chi connectivity index (χ0) is 25.8. The SMILES string of the molecule is Cc1ccc2nc(NC(=O)C(Sc3ccc(NC(=O)c4ccccc4C)cc3)c3ccccc3)sc2c1. The summed E-state index contributed by atoms with van der Waals surface area (Å²) in [6, 6.07) is 30.8. The van der Waals surface area contributed by atoms with E-state index in [1.165, 1.54) is 23.1 Å². The molecule has 0 radical (unpaired) electrons. The van der Waals surface area contributed by atoms with E-state index in [1.807, 2.05) is 105 Å². The summed E-state index contributed by atoms with van der Waals surface area (Å²) < 4.78 is 1.04. The van der Waals surface area contributed by atoms with Crippen LogP contribution in [-0.2, 0) is 4.79 Å². The lowest BCUT2D eigenvalue weighted by atomic mass is 10.1. The standard InChI is InChI=1S/C30H25N3O2S2/c1-19-12-17-25-26(18-19)37-30(32-25)33-29(35)27(21-9-4-3-5-10-21)36-23-15-13-22(14-16-23)31-28(34)24-11-7-6-8-20(24)2/h3-18,27H,1-2H3,(H,31,34)(H,32,33,35). The first-order valence-corrected chi connectivity index (χ1v) is 13.5. The second-order valence-corrected chi connectivity index (χ2v) is 10.9.